The Bertz CT molecular complexity index is 914. The molecule has 1 aliphatic heterocycles. The molecule has 0 saturated carbocycles. The molecule has 1 saturated heterocycles. The molecule has 2 heterocycles. The maximum Gasteiger partial charge on any atom is 0.271 e. The van der Waals surface area contributed by atoms with Crippen LogP contribution in [0.25, 0.3) is 10.8 Å². The van der Waals surface area contributed by atoms with Gasteiger partial charge in [0, 0.05) is 11.3 Å². The Balaban J connectivity index is 1.45. The minimum absolute atomic E-state index is 0.0591. The van der Waals surface area contributed by atoms with Gasteiger partial charge in [-0.3, -0.25) is 4.79 Å². The summed E-state index contributed by atoms with van der Waals surface area (Å²) in [6.45, 7) is 4.08. The van der Waals surface area contributed by atoms with Crippen LogP contribution < -0.4 is 10.6 Å². The number of hydrogen-bond acceptors (Lipinski definition) is 4. The number of carbonyl (C=O) groups excluding carboxylic acids is 1. The minimum Gasteiger partial charge on any atom is -0.344 e. The van der Waals surface area contributed by atoms with Gasteiger partial charge in [0.1, 0.15) is 5.69 Å². The van der Waals surface area contributed by atoms with Crippen LogP contribution in [-0.2, 0) is 0 Å². The molecule has 0 radical (unpaired) electrons. The molecule has 1 amide bonds. The van der Waals surface area contributed by atoms with E-state index in [0.29, 0.717) is 11.6 Å². The standard InChI is InChI=1S/C21H23N3OS/c1-14(17-7-6-15-4-2-3-5-18(15)12-17)23-20(25)19-13-26-21(24-19)16-8-10-22-11-9-16/h2-7,12-14,16,22H,8-11H2,1H3,(H,23,25). The van der Waals surface area contributed by atoms with Crippen LogP contribution in [0.2, 0.25) is 0 Å². The number of nitrogens with one attached hydrogen (secondary N) is 2. The van der Waals surface area contributed by atoms with E-state index in [4.69, 9.17) is 0 Å². The number of benzene rings is 2. The van der Waals surface area contributed by atoms with Crippen molar-refractivity contribution in [3.63, 3.8) is 0 Å². The van der Waals surface area contributed by atoms with Crippen molar-refractivity contribution >= 4 is 28.0 Å². The minimum atomic E-state index is -0.0953. The number of piperidine rings is 1. The van der Waals surface area contributed by atoms with Gasteiger partial charge in [0.05, 0.1) is 11.0 Å². The molecule has 4 nitrogen and oxygen atoms in total. The predicted octanol–water partition coefficient (Wildman–Crippen LogP) is 4.25. The lowest BCUT2D eigenvalue weighted by Crippen LogP contribution is -2.28. The van der Waals surface area contributed by atoms with Crippen molar-refractivity contribution in [1.82, 2.24) is 15.6 Å². The van der Waals surface area contributed by atoms with Gasteiger partial charge >= 0.3 is 0 Å². The fraction of sp³-hybridized carbons (Fsp3) is 0.333. The van der Waals surface area contributed by atoms with E-state index in [1.54, 1.807) is 11.3 Å². The van der Waals surface area contributed by atoms with E-state index in [1.165, 1.54) is 10.8 Å². The Hall–Kier alpha value is -2.24. The molecular weight excluding hydrogens is 342 g/mol. The number of carbonyl (C=O) groups is 1. The van der Waals surface area contributed by atoms with Gasteiger partial charge in [-0.15, -0.1) is 11.3 Å². The summed E-state index contributed by atoms with van der Waals surface area (Å²) in [5.41, 5.74) is 1.64. The lowest BCUT2D eigenvalue weighted by atomic mass is 9.99. The molecule has 2 aromatic carbocycles. The molecule has 1 fully saturated rings. The van der Waals surface area contributed by atoms with Gasteiger partial charge in [-0.05, 0) is 55.3 Å². The molecule has 1 atom stereocenters. The molecule has 3 aromatic rings. The average Bonchev–Trinajstić information content (AvgIpc) is 3.18. The summed E-state index contributed by atoms with van der Waals surface area (Å²) in [4.78, 5) is 17.2. The third-order valence-electron chi connectivity index (χ3n) is 5.06. The molecule has 26 heavy (non-hydrogen) atoms. The highest BCUT2D eigenvalue weighted by atomic mass is 32.1. The molecule has 1 aliphatic rings. The molecule has 4 rings (SSSR count). The smallest absolute Gasteiger partial charge is 0.271 e. The first-order valence-electron chi connectivity index (χ1n) is 9.16. The van der Waals surface area contributed by atoms with Crippen molar-refractivity contribution in [3.05, 3.63) is 64.1 Å². The van der Waals surface area contributed by atoms with Crippen LogP contribution in [0.5, 0.6) is 0 Å². The molecule has 0 aliphatic carbocycles. The van der Waals surface area contributed by atoms with Crippen molar-refractivity contribution < 1.29 is 4.79 Å². The Labute approximate surface area is 157 Å². The highest BCUT2D eigenvalue weighted by Crippen LogP contribution is 2.28. The zero-order valence-electron chi connectivity index (χ0n) is 14.9. The summed E-state index contributed by atoms with van der Waals surface area (Å²) in [5.74, 6) is 0.391. The molecule has 0 bridgehead atoms. The summed E-state index contributed by atoms with van der Waals surface area (Å²) >= 11 is 1.61. The highest BCUT2D eigenvalue weighted by Gasteiger charge is 2.21. The zero-order valence-corrected chi connectivity index (χ0v) is 15.7. The molecule has 0 spiro atoms. The van der Waals surface area contributed by atoms with Gasteiger partial charge in [0.15, 0.2) is 0 Å². The number of amides is 1. The summed E-state index contributed by atoms with van der Waals surface area (Å²) < 4.78 is 0. The fourth-order valence-electron chi connectivity index (χ4n) is 3.48. The topological polar surface area (TPSA) is 54.0 Å². The molecule has 1 unspecified atom stereocenters. The van der Waals surface area contributed by atoms with Crippen molar-refractivity contribution in [2.45, 2.75) is 31.7 Å². The van der Waals surface area contributed by atoms with Crippen LogP contribution in [0, 0.1) is 0 Å². The number of hydrogen-bond donors (Lipinski definition) is 2. The van der Waals surface area contributed by atoms with Gasteiger partial charge < -0.3 is 10.6 Å². The maximum absolute atomic E-state index is 12.6. The first kappa shape index (κ1) is 17.2. The van der Waals surface area contributed by atoms with E-state index in [0.717, 1.165) is 36.5 Å². The lowest BCUT2D eigenvalue weighted by Gasteiger charge is -2.20. The van der Waals surface area contributed by atoms with Gasteiger partial charge in [-0.25, -0.2) is 4.98 Å². The van der Waals surface area contributed by atoms with Crippen LogP contribution in [0.15, 0.2) is 47.8 Å². The monoisotopic (exact) mass is 365 g/mol. The number of rotatable bonds is 4. The van der Waals surface area contributed by atoms with Gasteiger partial charge in [0.2, 0.25) is 0 Å². The normalized spacial score (nSPS) is 16.5. The molecule has 2 N–H and O–H groups in total. The summed E-state index contributed by atoms with van der Waals surface area (Å²) in [6, 6.07) is 14.5. The van der Waals surface area contributed by atoms with Crippen molar-refractivity contribution in [3.8, 4) is 0 Å². The second-order valence-electron chi connectivity index (χ2n) is 6.90. The van der Waals surface area contributed by atoms with Crippen LogP contribution in [0.1, 0.15) is 52.8 Å². The largest absolute Gasteiger partial charge is 0.344 e. The van der Waals surface area contributed by atoms with Gasteiger partial charge in [-0.2, -0.15) is 0 Å². The van der Waals surface area contributed by atoms with Gasteiger partial charge in [0.25, 0.3) is 5.91 Å². The number of thiazole rings is 1. The Morgan fingerprint density at radius 2 is 1.96 bits per heavy atom. The van der Waals surface area contributed by atoms with E-state index in [1.807, 2.05) is 24.4 Å². The fourth-order valence-corrected chi connectivity index (χ4v) is 4.45. The van der Waals surface area contributed by atoms with E-state index >= 15 is 0 Å². The Kier molecular flexibility index (Phi) is 5.00. The summed E-state index contributed by atoms with van der Waals surface area (Å²) in [7, 11) is 0. The van der Waals surface area contributed by atoms with Crippen LogP contribution in [0.4, 0.5) is 0 Å². The van der Waals surface area contributed by atoms with Crippen LogP contribution >= 0.6 is 11.3 Å². The van der Waals surface area contributed by atoms with E-state index in [9.17, 15) is 4.79 Å². The molecule has 134 valence electrons. The van der Waals surface area contributed by atoms with Crippen LogP contribution in [0.3, 0.4) is 0 Å². The zero-order chi connectivity index (χ0) is 17.9. The number of nitrogens with zero attached hydrogens (tertiary/aromatic N) is 1. The second kappa shape index (κ2) is 7.56. The molecule has 1 aromatic heterocycles. The Morgan fingerprint density at radius 3 is 2.77 bits per heavy atom. The van der Waals surface area contributed by atoms with Gasteiger partial charge in [-0.1, -0.05) is 36.4 Å². The van der Waals surface area contributed by atoms with E-state index in [-0.39, 0.29) is 11.9 Å². The maximum atomic E-state index is 12.6. The first-order chi connectivity index (χ1) is 12.7. The van der Waals surface area contributed by atoms with E-state index < -0.39 is 0 Å². The second-order valence-corrected chi connectivity index (χ2v) is 7.79. The average molecular weight is 366 g/mol. The Morgan fingerprint density at radius 1 is 1.19 bits per heavy atom. The number of fused-ring (bicyclic) bond motifs is 1. The summed E-state index contributed by atoms with van der Waals surface area (Å²) in [6.07, 6.45) is 2.20. The lowest BCUT2D eigenvalue weighted by molar-refractivity contribution is 0.0935. The quantitative estimate of drug-likeness (QED) is 0.726. The van der Waals surface area contributed by atoms with Crippen molar-refractivity contribution in [2.24, 2.45) is 0 Å². The third kappa shape index (κ3) is 3.64. The van der Waals surface area contributed by atoms with Crippen molar-refractivity contribution in [1.29, 1.82) is 0 Å². The first-order valence-corrected chi connectivity index (χ1v) is 10.0. The predicted molar refractivity (Wildman–Crippen MR) is 107 cm³/mol. The third-order valence-corrected chi connectivity index (χ3v) is 6.07. The molecular formula is C21H23N3OS. The van der Waals surface area contributed by atoms with E-state index in [2.05, 4.69) is 45.9 Å². The van der Waals surface area contributed by atoms with Crippen molar-refractivity contribution in [2.75, 3.05) is 13.1 Å². The summed E-state index contributed by atoms with van der Waals surface area (Å²) in [5, 5.41) is 11.8. The number of aromatic nitrogens is 1. The van der Waals surface area contributed by atoms with Crippen LogP contribution in [-0.4, -0.2) is 24.0 Å². The molecule has 5 heteroatoms. The SMILES string of the molecule is CC(NC(=O)c1csc(C2CCNCC2)n1)c1ccc2ccccc2c1. The highest BCUT2D eigenvalue weighted by molar-refractivity contribution is 7.09.